The predicted molar refractivity (Wildman–Crippen MR) is 84.7 cm³/mol. The number of hydrogen-bond acceptors (Lipinski definition) is 3. The van der Waals surface area contributed by atoms with E-state index in [1.807, 2.05) is 13.8 Å². The molecule has 1 fully saturated rings. The number of nitrogens with zero attached hydrogens (tertiary/aromatic N) is 2. The SMILES string of the molecule is CC(C)(O)CCc1ccc(CN2CCC[C@@H](C#N)C2)cc1. The molecule has 1 heterocycles. The Kier molecular flexibility index (Phi) is 5.39. The first-order valence-corrected chi connectivity index (χ1v) is 7.88. The van der Waals surface area contributed by atoms with Crippen LogP contribution in [0, 0.1) is 17.2 Å². The minimum Gasteiger partial charge on any atom is -0.390 e. The molecule has 1 aromatic rings. The number of nitriles is 1. The molecule has 0 radical (unpaired) electrons. The van der Waals surface area contributed by atoms with Gasteiger partial charge in [0.05, 0.1) is 17.6 Å². The Labute approximate surface area is 128 Å². The molecule has 114 valence electrons. The highest BCUT2D eigenvalue weighted by molar-refractivity contribution is 5.23. The number of piperidine rings is 1. The van der Waals surface area contributed by atoms with Gasteiger partial charge in [0.25, 0.3) is 0 Å². The van der Waals surface area contributed by atoms with Crippen molar-refractivity contribution in [2.24, 2.45) is 5.92 Å². The number of hydrogen-bond donors (Lipinski definition) is 1. The summed E-state index contributed by atoms with van der Waals surface area (Å²) in [6, 6.07) is 11.1. The first-order valence-electron chi connectivity index (χ1n) is 7.88. The molecule has 1 N–H and O–H groups in total. The predicted octanol–water partition coefficient (Wildman–Crippen LogP) is 3.13. The summed E-state index contributed by atoms with van der Waals surface area (Å²) in [6.45, 7) is 6.63. The molecule has 0 unspecified atom stereocenters. The lowest BCUT2D eigenvalue weighted by Crippen LogP contribution is -2.34. The Morgan fingerprint density at radius 2 is 1.95 bits per heavy atom. The van der Waals surface area contributed by atoms with Crippen molar-refractivity contribution in [3.8, 4) is 6.07 Å². The summed E-state index contributed by atoms with van der Waals surface area (Å²) in [7, 11) is 0. The monoisotopic (exact) mass is 286 g/mol. The molecule has 2 rings (SSSR count). The van der Waals surface area contributed by atoms with Crippen LogP contribution in [0.25, 0.3) is 0 Å². The average molecular weight is 286 g/mol. The average Bonchev–Trinajstić information content (AvgIpc) is 2.46. The first kappa shape index (κ1) is 16.0. The van der Waals surface area contributed by atoms with E-state index in [4.69, 9.17) is 5.26 Å². The van der Waals surface area contributed by atoms with Crippen LogP contribution < -0.4 is 0 Å². The van der Waals surface area contributed by atoms with Crippen LogP contribution >= 0.6 is 0 Å². The number of rotatable bonds is 5. The summed E-state index contributed by atoms with van der Waals surface area (Å²) in [5.41, 5.74) is 1.98. The number of aliphatic hydroxyl groups is 1. The first-order chi connectivity index (χ1) is 9.96. The maximum Gasteiger partial charge on any atom is 0.0669 e. The quantitative estimate of drug-likeness (QED) is 0.904. The largest absolute Gasteiger partial charge is 0.390 e. The molecule has 1 atom stereocenters. The van der Waals surface area contributed by atoms with E-state index >= 15 is 0 Å². The second-order valence-corrected chi connectivity index (χ2v) is 6.83. The molecule has 0 spiro atoms. The summed E-state index contributed by atoms with van der Waals surface area (Å²) in [4.78, 5) is 2.38. The fraction of sp³-hybridized carbons (Fsp3) is 0.611. The van der Waals surface area contributed by atoms with Gasteiger partial charge in [-0.2, -0.15) is 5.26 Å². The summed E-state index contributed by atoms with van der Waals surface area (Å²) in [5, 5.41) is 18.8. The van der Waals surface area contributed by atoms with Gasteiger partial charge in [0.15, 0.2) is 0 Å². The molecule has 1 aromatic carbocycles. The number of likely N-dealkylation sites (tertiary alicyclic amines) is 1. The van der Waals surface area contributed by atoms with Crippen LogP contribution in [0.5, 0.6) is 0 Å². The van der Waals surface area contributed by atoms with E-state index < -0.39 is 5.60 Å². The van der Waals surface area contributed by atoms with Gasteiger partial charge in [-0.25, -0.2) is 0 Å². The molecule has 0 saturated carbocycles. The lowest BCUT2D eigenvalue weighted by Gasteiger charge is -2.29. The molecule has 0 bridgehead atoms. The van der Waals surface area contributed by atoms with Crippen LogP contribution in [0.2, 0.25) is 0 Å². The molecule has 1 aliphatic rings. The van der Waals surface area contributed by atoms with E-state index in [-0.39, 0.29) is 5.92 Å². The Balaban J connectivity index is 1.86. The summed E-state index contributed by atoms with van der Waals surface area (Å²) < 4.78 is 0. The van der Waals surface area contributed by atoms with Crippen LogP contribution in [0.3, 0.4) is 0 Å². The Morgan fingerprint density at radius 3 is 2.57 bits per heavy atom. The summed E-state index contributed by atoms with van der Waals surface area (Å²) in [6.07, 6.45) is 3.86. The van der Waals surface area contributed by atoms with Gasteiger partial charge in [0.1, 0.15) is 0 Å². The van der Waals surface area contributed by atoms with Gasteiger partial charge in [0.2, 0.25) is 0 Å². The third-order valence-corrected chi connectivity index (χ3v) is 4.14. The topological polar surface area (TPSA) is 47.3 Å². The molecule has 0 amide bonds. The van der Waals surface area contributed by atoms with Gasteiger partial charge < -0.3 is 5.11 Å². The van der Waals surface area contributed by atoms with Crippen LogP contribution in [-0.2, 0) is 13.0 Å². The molecule has 3 heteroatoms. The van der Waals surface area contributed by atoms with Crippen molar-refractivity contribution in [3.05, 3.63) is 35.4 Å². The molecule has 21 heavy (non-hydrogen) atoms. The minimum atomic E-state index is -0.598. The Hall–Kier alpha value is -1.37. The number of benzene rings is 1. The van der Waals surface area contributed by atoms with Gasteiger partial charge in [-0.1, -0.05) is 24.3 Å². The van der Waals surface area contributed by atoms with Crippen LogP contribution in [0.1, 0.15) is 44.2 Å². The molecule has 0 aromatic heterocycles. The molecule has 3 nitrogen and oxygen atoms in total. The highest BCUT2D eigenvalue weighted by Crippen LogP contribution is 2.19. The normalized spacial score (nSPS) is 20.2. The van der Waals surface area contributed by atoms with Crippen molar-refractivity contribution in [2.75, 3.05) is 13.1 Å². The highest BCUT2D eigenvalue weighted by Gasteiger charge is 2.19. The summed E-state index contributed by atoms with van der Waals surface area (Å²) >= 11 is 0. The smallest absolute Gasteiger partial charge is 0.0669 e. The fourth-order valence-corrected chi connectivity index (χ4v) is 2.82. The van der Waals surface area contributed by atoms with E-state index in [2.05, 4.69) is 35.2 Å². The van der Waals surface area contributed by atoms with Gasteiger partial charge in [-0.15, -0.1) is 0 Å². The van der Waals surface area contributed by atoms with Gasteiger partial charge in [-0.05, 0) is 57.2 Å². The van der Waals surface area contributed by atoms with Gasteiger partial charge >= 0.3 is 0 Å². The van der Waals surface area contributed by atoms with E-state index in [0.717, 1.165) is 45.3 Å². The molecule has 1 saturated heterocycles. The van der Waals surface area contributed by atoms with Crippen molar-refractivity contribution in [2.45, 2.75) is 51.7 Å². The third kappa shape index (κ3) is 5.49. The second-order valence-electron chi connectivity index (χ2n) is 6.83. The van der Waals surface area contributed by atoms with Crippen molar-refractivity contribution >= 4 is 0 Å². The van der Waals surface area contributed by atoms with Crippen LogP contribution in [0.15, 0.2) is 24.3 Å². The van der Waals surface area contributed by atoms with E-state index in [1.54, 1.807) is 0 Å². The van der Waals surface area contributed by atoms with Crippen LogP contribution in [0.4, 0.5) is 0 Å². The second kappa shape index (κ2) is 7.06. The molecular formula is C18H26N2O. The Bertz CT molecular complexity index is 481. The molecule has 1 aliphatic heterocycles. The van der Waals surface area contributed by atoms with Crippen molar-refractivity contribution < 1.29 is 5.11 Å². The number of aryl methyl sites for hydroxylation is 1. The highest BCUT2D eigenvalue weighted by atomic mass is 16.3. The standard InChI is InChI=1S/C18H26N2O/c1-18(2,21)10-9-15-5-7-16(8-6-15)13-20-11-3-4-17(12-19)14-20/h5-8,17,21H,3-4,9-11,13-14H2,1-2H3/t17-/m0/s1. The van der Waals surface area contributed by atoms with Crippen molar-refractivity contribution in [3.63, 3.8) is 0 Å². The van der Waals surface area contributed by atoms with E-state index in [1.165, 1.54) is 11.1 Å². The molecular weight excluding hydrogens is 260 g/mol. The van der Waals surface area contributed by atoms with Gasteiger partial charge in [0, 0.05) is 13.1 Å². The maximum absolute atomic E-state index is 9.77. The lowest BCUT2D eigenvalue weighted by atomic mass is 9.97. The molecule has 0 aliphatic carbocycles. The zero-order valence-electron chi connectivity index (χ0n) is 13.2. The third-order valence-electron chi connectivity index (χ3n) is 4.14. The summed E-state index contributed by atoms with van der Waals surface area (Å²) in [5.74, 6) is 0.199. The van der Waals surface area contributed by atoms with Crippen LogP contribution in [-0.4, -0.2) is 28.7 Å². The zero-order chi connectivity index (χ0) is 15.3. The van der Waals surface area contributed by atoms with E-state index in [0.29, 0.717) is 0 Å². The zero-order valence-corrected chi connectivity index (χ0v) is 13.2. The van der Waals surface area contributed by atoms with E-state index in [9.17, 15) is 5.11 Å². The lowest BCUT2D eigenvalue weighted by molar-refractivity contribution is 0.0714. The maximum atomic E-state index is 9.77. The van der Waals surface area contributed by atoms with Gasteiger partial charge in [-0.3, -0.25) is 4.90 Å². The van der Waals surface area contributed by atoms with Crippen molar-refractivity contribution in [1.29, 1.82) is 5.26 Å². The Morgan fingerprint density at radius 1 is 1.29 bits per heavy atom. The van der Waals surface area contributed by atoms with Crippen molar-refractivity contribution in [1.82, 2.24) is 4.90 Å². The fourth-order valence-electron chi connectivity index (χ4n) is 2.82. The minimum absolute atomic E-state index is 0.199.